The molecule has 1 aliphatic rings. The lowest BCUT2D eigenvalue weighted by molar-refractivity contribution is -0.117. The van der Waals surface area contributed by atoms with Gasteiger partial charge < -0.3 is 9.42 Å². The summed E-state index contributed by atoms with van der Waals surface area (Å²) in [6.07, 6.45) is 1.62. The number of hydrogen-bond donors (Lipinski definition) is 1. The van der Waals surface area contributed by atoms with E-state index in [4.69, 9.17) is 4.52 Å². The number of rotatable bonds is 4. The van der Waals surface area contributed by atoms with E-state index in [0.717, 1.165) is 47.9 Å². The number of amides is 1. The van der Waals surface area contributed by atoms with Crippen molar-refractivity contribution in [3.63, 3.8) is 0 Å². The Morgan fingerprint density at radius 1 is 1.25 bits per heavy atom. The van der Waals surface area contributed by atoms with Gasteiger partial charge in [0.25, 0.3) is 0 Å². The molecule has 3 aromatic rings. The van der Waals surface area contributed by atoms with Gasteiger partial charge in [0.1, 0.15) is 17.0 Å². The predicted octanol–water partition coefficient (Wildman–Crippen LogP) is 2.74. The quantitative estimate of drug-likeness (QED) is 0.720. The van der Waals surface area contributed by atoms with Gasteiger partial charge >= 0.3 is 0 Å². The van der Waals surface area contributed by atoms with Crippen molar-refractivity contribution in [1.82, 2.24) is 20.0 Å². The Kier molecular flexibility index (Phi) is 5.03. The van der Waals surface area contributed by atoms with E-state index in [-0.39, 0.29) is 11.3 Å². The fraction of sp³-hybridized carbons (Fsp3) is 0.474. The van der Waals surface area contributed by atoms with E-state index in [2.05, 4.69) is 57.1 Å². The first-order chi connectivity index (χ1) is 13.4. The molecule has 0 radical (unpaired) electrons. The topological polar surface area (TPSA) is 87.4 Å². The second-order valence-electron chi connectivity index (χ2n) is 7.97. The number of thiophene rings is 1. The van der Waals surface area contributed by atoms with Gasteiger partial charge in [-0.1, -0.05) is 25.9 Å². The molecule has 1 N–H and O–H groups in total. The average molecular weight is 401 g/mol. The van der Waals surface area contributed by atoms with Gasteiger partial charge in [-0.15, -0.1) is 11.3 Å². The number of fused-ring (bicyclic) bond motifs is 1. The molecule has 1 saturated heterocycles. The third kappa shape index (κ3) is 4.00. The Labute approximate surface area is 167 Å². The maximum atomic E-state index is 12.4. The molecule has 0 unspecified atom stereocenters. The molecule has 9 heteroatoms. The molecule has 4 heterocycles. The van der Waals surface area contributed by atoms with Gasteiger partial charge in [-0.2, -0.15) is 0 Å². The van der Waals surface area contributed by atoms with E-state index >= 15 is 0 Å². The Bertz CT molecular complexity index is 968. The lowest BCUT2D eigenvalue weighted by Crippen LogP contribution is -2.49. The van der Waals surface area contributed by atoms with Crippen molar-refractivity contribution in [2.24, 2.45) is 0 Å². The Hall–Kier alpha value is -2.52. The molecule has 0 atom stereocenters. The van der Waals surface area contributed by atoms with E-state index in [1.165, 1.54) is 0 Å². The number of nitrogens with zero attached hydrogens (tertiary/aromatic N) is 5. The van der Waals surface area contributed by atoms with Gasteiger partial charge in [0.05, 0.1) is 17.6 Å². The minimum atomic E-state index is -0.113. The van der Waals surface area contributed by atoms with Crippen LogP contribution in [0.3, 0.4) is 0 Å². The number of hydrogen-bond acceptors (Lipinski definition) is 8. The van der Waals surface area contributed by atoms with Crippen LogP contribution in [-0.2, 0) is 10.2 Å². The first-order valence-corrected chi connectivity index (χ1v) is 10.2. The first-order valence-electron chi connectivity index (χ1n) is 9.33. The molecule has 1 aliphatic heterocycles. The maximum Gasteiger partial charge on any atom is 0.240 e. The predicted molar refractivity (Wildman–Crippen MR) is 110 cm³/mol. The number of nitrogens with one attached hydrogen (secondary N) is 1. The molecule has 1 fully saturated rings. The zero-order chi connectivity index (χ0) is 19.7. The van der Waals surface area contributed by atoms with Crippen LogP contribution >= 0.6 is 11.3 Å². The number of anilines is 2. The standard InChI is InChI=1S/C19H24N6O2S/c1-19(2,3)14-10-16(27-23-14)22-15(26)11-24-5-7-25(8-6-24)17-13-4-9-28-18(13)21-12-20-17/h4,9-10,12H,5-8,11H2,1-3H3,(H,22,26). The summed E-state index contributed by atoms with van der Waals surface area (Å²) in [5.74, 6) is 1.29. The number of aromatic nitrogens is 3. The molecule has 1 amide bonds. The summed E-state index contributed by atoms with van der Waals surface area (Å²) in [7, 11) is 0. The summed E-state index contributed by atoms with van der Waals surface area (Å²) in [5, 5.41) is 9.97. The number of carbonyl (C=O) groups is 1. The lowest BCUT2D eigenvalue weighted by atomic mass is 9.92. The van der Waals surface area contributed by atoms with E-state index in [0.29, 0.717) is 12.4 Å². The van der Waals surface area contributed by atoms with E-state index in [9.17, 15) is 4.79 Å². The minimum absolute atomic E-state index is 0.0904. The van der Waals surface area contributed by atoms with Crippen LogP contribution in [0.4, 0.5) is 11.7 Å². The van der Waals surface area contributed by atoms with Crippen molar-refractivity contribution >= 4 is 39.2 Å². The Balaban J connectivity index is 1.31. The third-order valence-corrected chi connectivity index (χ3v) is 5.64. The van der Waals surface area contributed by atoms with Crippen LogP contribution in [0.5, 0.6) is 0 Å². The molecule has 0 bridgehead atoms. The third-order valence-electron chi connectivity index (χ3n) is 4.82. The van der Waals surface area contributed by atoms with Crippen molar-refractivity contribution in [2.45, 2.75) is 26.2 Å². The van der Waals surface area contributed by atoms with Gasteiger partial charge in [-0.3, -0.25) is 15.0 Å². The first kappa shape index (κ1) is 18.8. The highest BCUT2D eigenvalue weighted by atomic mass is 32.1. The smallest absolute Gasteiger partial charge is 0.240 e. The molecule has 3 aromatic heterocycles. The molecular formula is C19H24N6O2S. The van der Waals surface area contributed by atoms with Crippen LogP contribution < -0.4 is 10.2 Å². The average Bonchev–Trinajstić information content (AvgIpc) is 3.31. The van der Waals surface area contributed by atoms with Gasteiger partial charge in [-0.05, 0) is 11.4 Å². The number of piperazine rings is 1. The van der Waals surface area contributed by atoms with Crippen molar-refractivity contribution in [3.8, 4) is 0 Å². The van der Waals surface area contributed by atoms with Crippen LogP contribution in [0.15, 0.2) is 28.4 Å². The van der Waals surface area contributed by atoms with Crippen molar-refractivity contribution < 1.29 is 9.32 Å². The van der Waals surface area contributed by atoms with E-state index in [1.807, 2.05) is 5.38 Å². The van der Waals surface area contributed by atoms with Crippen LogP contribution in [0, 0.1) is 0 Å². The highest BCUT2D eigenvalue weighted by Gasteiger charge is 2.23. The van der Waals surface area contributed by atoms with Gasteiger partial charge in [-0.25, -0.2) is 9.97 Å². The monoisotopic (exact) mass is 400 g/mol. The highest BCUT2D eigenvalue weighted by Crippen LogP contribution is 2.27. The Morgan fingerprint density at radius 3 is 2.75 bits per heavy atom. The lowest BCUT2D eigenvalue weighted by Gasteiger charge is -2.35. The van der Waals surface area contributed by atoms with Crippen LogP contribution in [0.1, 0.15) is 26.5 Å². The zero-order valence-corrected chi connectivity index (χ0v) is 17.1. The minimum Gasteiger partial charge on any atom is -0.353 e. The molecule has 0 aromatic carbocycles. The normalized spacial score (nSPS) is 15.9. The molecular weight excluding hydrogens is 376 g/mol. The molecule has 28 heavy (non-hydrogen) atoms. The summed E-state index contributed by atoms with van der Waals surface area (Å²) >= 11 is 1.62. The van der Waals surface area contributed by atoms with Crippen molar-refractivity contribution in [2.75, 3.05) is 42.9 Å². The fourth-order valence-electron chi connectivity index (χ4n) is 3.21. The van der Waals surface area contributed by atoms with Gasteiger partial charge in [0.15, 0.2) is 0 Å². The van der Waals surface area contributed by atoms with E-state index in [1.54, 1.807) is 23.7 Å². The summed E-state index contributed by atoms with van der Waals surface area (Å²) in [6, 6.07) is 3.86. The molecule has 148 valence electrons. The van der Waals surface area contributed by atoms with E-state index < -0.39 is 0 Å². The van der Waals surface area contributed by atoms with Crippen molar-refractivity contribution in [1.29, 1.82) is 0 Å². The summed E-state index contributed by atoms with van der Waals surface area (Å²) in [4.78, 5) is 26.5. The second kappa shape index (κ2) is 7.48. The van der Waals surface area contributed by atoms with Crippen LogP contribution in [0.2, 0.25) is 0 Å². The summed E-state index contributed by atoms with van der Waals surface area (Å²) in [5.41, 5.74) is 0.707. The van der Waals surface area contributed by atoms with Gasteiger partial charge in [0.2, 0.25) is 11.8 Å². The molecule has 0 aliphatic carbocycles. The molecule has 4 rings (SSSR count). The molecule has 0 saturated carbocycles. The maximum absolute atomic E-state index is 12.4. The molecule has 8 nitrogen and oxygen atoms in total. The molecule has 0 spiro atoms. The highest BCUT2D eigenvalue weighted by molar-refractivity contribution is 7.16. The van der Waals surface area contributed by atoms with Crippen molar-refractivity contribution in [3.05, 3.63) is 29.5 Å². The SMILES string of the molecule is CC(C)(C)c1cc(NC(=O)CN2CCN(c3ncnc4sccc34)CC2)on1. The summed E-state index contributed by atoms with van der Waals surface area (Å²) in [6.45, 7) is 9.74. The number of carbonyl (C=O) groups excluding carboxylic acids is 1. The van der Waals surface area contributed by atoms with Crippen LogP contribution in [-0.4, -0.2) is 58.7 Å². The second-order valence-corrected chi connectivity index (χ2v) is 8.87. The van der Waals surface area contributed by atoms with Crippen LogP contribution in [0.25, 0.3) is 10.2 Å². The zero-order valence-electron chi connectivity index (χ0n) is 16.3. The summed E-state index contributed by atoms with van der Waals surface area (Å²) < 4.78 is 5.24. The van der Waals surface area contributed by atoms with Gasteiger partial charge in [0, 0.05) is 37.7 Å². The fourth-order valence-corrected chi connectivity index (χ4v) is 3.94. The Morgan fingerprint density at radius 2 is 2.04 bits per heavy atom. The largest absolute Gasteiger partial charge is 0.353 e.